The van der Waals surface area contributed by atoms with Crippen molar-refractivity contribution >= 4 is 11.7 Å². The van der Waals surface area contributed by atoms with Crippen LogP contribution in [0.15, 0.2) is 24.8 Å². The van der Waals surface area contributed by atoms with Gasteiger partial charge >= 0.3 is 0 Å². The lowest BCUT2D eigenvalue weighted by atomic mass is 10.3. The molecule has 0 aromatic carbocycles. The maximum absolute atomic E-state index is 11.9. The Hall–Kier alpha value is -2.44. The molecular weight excluding hydrogens is 220 g/mol. The number of rotatable bonds is 3. The Balaban J connectivity index is 2.09. The number of anilines is 1. The van der Waals surface area contributed by atoms with Gasteiger partial charge in [-0.15, -0.1) is 0 Å². The Kier molecular flexibility index (Phi) is 2.99. The summed E-state index contributed by atoms with van der Waals surface area (Å²) in [6, 6.07) is 0. The van der Waals surface area contributed by atoms with Crippen LogP contribution < -0.4 is 5.73 Å². The zero-order valence-corrected chi connectivity index (χ0v) is 9.29. The topological polar surface area (TPSA) is 101 Å². The van der Waals surface area contributed by atoms with Crippen LogP contribution in [0.4, 0.5) is 5.82 Å². The predicted octanol–water partition coefficient (Wildman–Crippen LogP) is 0.0541. The summed E-state index contributed by atoms with van der Waals surface area (Å²) in [6.07, 6.45) is 6.11. The second-order valence-electron chi connectivity index (χ2n) is 3.53. The molecule has 0 bridgehead atoms. The number of imidazole rings is 1. The highest BCUT2D eigenvalue weighted by Gasteiger charge is 2.14. The van der Waals surface area contributed by atoms with Crippen molar-refractivity contribution in [3.8, 4) is 0 Å². The zero-order valence-electron chi connectivity index (χ0n) is 9.29. The first-order valence-corrected chi connectivity index (χ1v) is 4.98. The highest BCUT2D eigenvalue weighted by atomic mass is 16.2. The van der Waals surface area contributed by atoms with Crippen molar-refractivity contribution in [2.75, 3.05) is 12.8 Å². The van der Waals surface area contributed by atoms with Gasteiger partial charge in [0.2, 0.25) is 0 Å². The molecule has 0 saturated heterocycles. The molecule has 0 aliphatic heterocycles. The molecular formula is C10H12N6O. The van der Waals surface area contributed by atoms with E-state index in [4.69, 9.17) is 5.73 Å². The smallest absolute Gasteiger partial charge is 0.274 e. The van der Waals surface area contributed by atoms with Crippen LogP contribution in [0.5, 0.6) is 0 Å². The normalized spacial score (nSPS) is 10.2. The summed E-state index contributed by atoms with van der Waals surface area (Å²) in [5.41, 5.74) is 5.69. The quantitative estimate of drug-likeness (QED) is 0.778. The maximum Gasteiger partial charge on any atom is 0.274 e. The molecule has 2 rings (SSSR count). The number of hydrogen-bond acceptors (Lipinski definition) is 5. The molecule has 7 nitrogen and oxygen atoms in total. The molecule has 0 spiro atoms. The lowest BCUT2D eigenvalue weighted by Crippen LogP contribution is -2.27. The number of aromatic nitrogens is 4. The van der Waals surface area contributed by atoms with Crippen molar-refractivity contribution < 1.29 is 4.79 Å². The average molecular weight is 232 g/mol. The minimum Gasteiger partial charge on any atom is -0.382 e. The van der Waals surface area contributed by atoms with Gasteiger partial charge in [0, 0.05) is 19.4 Å². The van der Waals surface area contributed by atoms with E-state index in [1.54, 1.807) is 19.4 Å². The molecule has 0 fully saturated rings. The van der Waals surface area contributed by atoms with Crippen molar-refractivity contribution in [2.24, 2.45) is 0 Å². The molecule has 7 heteroatoms. The second kappa shape index (κ2) is 4.60. The molecule has 1 amide bonds. The molecule has 0 aliphatic rings. The van der Waals surface area contributed by atoms with Gasteiger partial charge < -0.3 is 15.6 Å². The third-order valence-corrected chi connectivity index (χ3v) is 2.16. The molecule has 0 atom stereocenters. The van der Waals surface area contributed by atoms with Gasteiger partial charge in [0.25, 0.3) is 5.91 Å². The van der Waals surface area contributed by atoms with Crippen molar-refractivity contribution in [2.45, 2.75) is 6.54 Å². The summed E-state index contributed by atoms with van der Waals surface area (Å²) in [4.78, 5) is 28.1. The average Bonchev–Trinajstić information content (AvgIpc) is 2.80. The minimum atomic E-state index is -0.249. The van der Waals surface area contributed by atoms with E-state index >= 15 is 0 Å². The number of carbonyl (C=O) groups excluding carboxylic acids is 1. The van der Waals surface area contributed by atoms with Crippen LogP contribution in [-0.2, 0) is 6.54 Å². The predicted molar refractivity (Wildman–Crippen MR) is 60.8 cm³/mol. The van der Waals surface area contributed by atoms with E-state index in [0.717, 1.165) is 0 Å². The van der Waals surface area contributed by atoms with E-state index in [1.807, 2.05) is 0 Å². The van der Waals surface area contributed by atoms with Crippen LogP contribution in [0.1, 0.15) is 16.3 Å². The molecule has 17 heavy (non-hydrogen) atoms. The van der Waals surface area contributed by atoms with Crippen LogP contribution >= 0.6 is 0 Å². The fraction of sp³-hybridized carbons (Fsp3) is 0.200. The van der Waals surface area contributed by atoms with Crippen molar-refractivity contribution in [3.63, 3.8) is 0 Å². The van der Waals surface area contributed by atoms with E-state index in [0.29, 0.717) is 12.4 Å². The maximum atomic E-state index is 11.9. The second-order valence-corrected chi connectivity index (χ2v) is 3.53. The summed E-state index contributed by atoms with van der Waals surface area (Å²) in [6.45, 7) is 0.377. The zero-order chi connectivity index (χ0) is 12.3. The van der Waals surface area contributed by atoms with E-state index in [1.165, 1.54) is 17.3 Å². The number of nitrogens with two attached hydrogens (primary N) is 1. The molecule has 2 aromatic rings. The number of aromatic amines is 1. The van der Waals surface area contributed by atoms with Gasteiger partial charge in [-0.05, 0) is 0 Å². The SMILES string of the molecule is CN(Cc1ncc[nH]1)C(=O)c1cncc(N)n1. The van der Waals surface area contributed by atoms with Gasteiger partial charge in [0.15, 0.2) is 0 Å². The van der Waals surface area contributed by atoms with E-state index < -0.39 is 0 Å². The standard InChI is InChI=1S/C10H12N6O/c1-16(6-9-13-2-3-14-9)10(17)7-4-12-5-8(11)15-7/h2-5H,6H2,1H3,(H2,11,15)(H,13,14). The fourth-order valence-corrected chi connectivity index (χ4v) is 1.36. The van der Waals surface area contributed by atoms with Crippen molar-refractivity contribution in [1.82, 2.24) is 24.8 Å². The molecule has 0 aliphatic carbocycles. The Morgan fingerprint density at radius 3 is 3.00 bits per heavy atom. The number of nitrogens with one attached hydrogen (secondary N) is 1. The van der Waals surface area contributed by atoms with Gasteiger partial charge in [0.1, 0.15) is 17.3 Å². The van der Waals surface area contributed by atoms with Crippen LogP contribution in [0.2, 0.25) is 0 Å². The molecule has 3 N–H and O–H groups in total. The Morgan fingerprint density at radius 2 is 2.35 bits per heavy atom. The Labute approximate surface area is 97.7 Å². The third-order valence-electron chi connectivity index (χ3n) is 2.16. The van der Waals surface area contributed by atoms with Crippen LogP contribution in [0.3, 0.4) is 0 Å². The Bertz CT molecular complexity index is 509. The van der Waals surface area contributed by atoms with Crippen LogP contribution in [0, 0.1) is 0 Å². The molecule has 0 saturated carbocycles. The molecule has 0 radical (unpaired) electrons. The lowest BCUT2D eigenvalue weighted by molar-refractivity contribution is 0.0775. The summed E-state index contributed by atoms with van der Waals surface area (Å²) in [5, 5.41) is 0. The summed E-state index contributed by atoms with van der Waals surface area (Å²) in [7, 11) is 1.66. The largest absolute Gasteiger partial charge is 0.382 e. The molecule has 0 unspecified atom stereocenters. The third kappa shape index (κ3) is 2.57. The number of nitrogen functional groups attached to an aromatic ring is 1. The monoisotopic (exact) mass is 232 g/mol. The number of H-pyrrole nitrogens is 1. The van der Waals surface area contributed by atoms with Gasteiger partial charge in [-0.3, -0.25) is 9.78 Å². The first-order valence-electron chi connectivity index (χ1n) is 4.98. The summed E-state index contributed by atoms with van der Waals surface area (Å²) < 4.78 is 0. The van der Waals surface area contributed by atoms with Crippen molar-refractivity contribution in [3.05, 3.63) is 36.3 Å². The number of nitrogens with zero attached hydrogens (tertiary/aromatic N) is 4. The molecule has 2 heterocycles. The fourth-order valence-electron chi connectivity index (χ4n) is 1.36. The van der Waals surface area contributed by atoms with Crippen LogP contribution in [-0.4, -0.2) is 37.8 Å². The highest BCUT2D eigenvalue weighted by Crippen LogP contribution is 2.04. The first kappa shape index (κ1) is 11.1. The summed E-state index contributed by atoms with van der Waals surface area (Å²) >= 11 is 0. The number of hydrogen-bond donors (Lipinski definition) is 2. The highest BCUT2D eigenvalue weighted by molar-refractivity contribution is 5.92. The molecule has 2 aromatic heterocycles. The van der Waals surface area contributed by atoms with E-state index in [2.05, 4.69) is 19.9 Å². The number of carbonyl (C=O) groups is 1. The first-order chi connectivity index (χ1) is 8.16. The van der Waals surface area contributed by atoms with Crippen molar-refractivity contribution in [1.29, 1.82) is 0 Å². The summed E-state index contributed by atoms with van der Waals surface area (Å²) in [5.74, 6) is 0.682. The van der Waals surface area contributed by atoms with E-state index in [9.17, 15) is 4.79 Å². The van der Waals surface area contributed by atoms with Gasteiger partial charge in [-0.1, -0.05) is 0 Å². The lowest BCUT2D eigenvalue weighted by Gasteiger charge is -2.14. The van der Waals surface area contributed by atoms with Gasteiger partial charge in [-0.2, -0.15) is 0 Å². The van der Waals surface area contributed by atoms with Crippen LogP contribution in [0.25, 0.3) is 0 Å². The van der Waals surface area contributed by atoms with Gasteiger partial charge in [0.05, 0.1) is 18.9 Å². The Morgan fingerprint density at radius 1 is 1.53 bits per heavy atom. The number of amides is 1. The van der Waals surface area contributed by atoms with Gasteiger partial charge in [-0.25, -0.2) is 9.97 Å². The molecule has 88 valence electrons. The minimum absolute atomic E-state index is 0.221. The van der Waals surface area contributed by atoms with E-state index in [-0.39, 0.29) is 17.4 Å².